The first-order valence-electron chi connectivity index (χ1n) is 9.82. The van der Waals surface area contributed by atoms with Gasteiger partial charge in [0.1, 0.15) is 0 Å². The Morgan fingerprint density at radius 3 is 2.61 bits per heavy atom. The van der Waals surface area contributed by atoms with Crippen molar-refractivity contribution in [3.05, 3.63) is 0 Å². The van der Waals surface area contributed by atoms with Crippen LogP contribution in [-0.4, -0.2) is 65.2 Å². The molecule has 1 aliphatic carbocycles. The number of halogens is 3. The number of guanidine groups is 1. The largest absolute Gasteiger partial charge is 0.391 e. The number of alkyl halides is 3. The molecule has 1 aliphatic heterocycles. The summed E-state index contributed by atoms with van der Waals surface area (Å²) in [4.78, 5) is 3.99. The molecule has 1 saturated heterocycles. The van der Waals surface area contributed by atoms with E-state index in [2.05, 4.69) is 20.3 Å². The van der Waals surface area contributed by atoms with Crippen molar-refractivity contribution in [3.8, 4) is 0 Å². The molecule has 0 aromatic heterocycles. The summed E-state index contributed by atoms with van der Waals surface area (Å²) in [6, 6.07) is -0.329. The van der Waals surface area contributed by atoms with Crippen LogP contribution in [0.25, 0.3) is 0 Å². The van der Waals surface area contributed by atoms with E-state index in [1.165, 1.54) is 7.05 Å². The van der Waals surface area contributed by atoms with E-state index in [1.54, 1.807) is 0 Å². The third kappa shape index (κ3) is 8.12. The Labute approximate surface area is 164 Å². The van der Waals surface area contributed by atoms with Gasteiger partial charge in [-0.1, -0.05) is 6.42 Å². The summed E-state index contributed by atoms with van der Waals surface area (Å²) in [5.41, 5.74) is 0. The minimum atomic E-state index is -4.18. The van der Waals surface area contributed by atoms with Crippen molar-refractivity contribution in [3.63, 3.8) is 0 Å². The van der Waals surface area contributed by atoms with E-state index in [1.807, 2.05) is 0 Å². The van der Waals surface area contributed by atoms with E-state index in [-0.39, 0.29) is 43.8 Å². The third-order valence-electron chi connectivity index (χ3n) is 5.17. The second-order valence-corrected chi connectivity index (χ2v) is 9.33. The summed E-state index contributed by atoms with van der Waals surface area (Å²) in [7, 11) is -1.96. The van der Waals surface area contributed by atoms with Gasteiger partial charge in [0, 0.05) is 32.8 Å². The molecule has 0 aromatic carbocycles. The third-order valence-corrected chi connectivity index (χ3v) is 6.52. The first kappa shape index (κ1) is 23.2. The zero-order valence-electron chi connectivity index (χ0n) is 16.2. The SMILES string of the molecule is CN=C(NCCS(=O)(=O)NCC1CCCCO1)NC1CCCC(C(F)(F)F)C1. The van der Waals surface area contributed by atoms with E-state index >= 15 is 0 Å². The van der Waals surface area contributed by atoms with Crippen LogP contribution in [0.1, 0.15) is 44.9 Å². The Morgan fingerprint density at radius 2 is 1.96 bits per heavy atom. The van der Waals surface area contributed by atoms with E-state index in [0.29, 0.717) is 25.4 Å². The molecule has 1 heterocycles. The molecule has 3 atom stereocenters. The molecule has 0 amide bonds. The van der Waals surface area contributed by atoms with Gasteiger partial charge in [-0.2, -0.15) is 13.2 Å². The average Bonchev–Trinajstić information content (AvgIpc) is 2.66. The first-order chi connectivity index (χ1) is 13.2. The van der Waals surface area contributed by atoms with Crippen molar-refractivity contribution in [1.82, 2.24) is 15.4 Å². The molecule has 1 saturated carbocycles. The Kier molecular flexibility index (Phi) is 8.81. The summed E-state index contributed by atoms with van der Waals surface area (Å²) in [6.45, 7) is 1.03. The Bertz CT molecular complexity index is 607. The van der Waals surface area contributed by atoms with Crippen LogP contribution in [0.15, 0.2) is 4.99 Å². The molecule has 2 fully saturated rings. The van der Waals surface area contributed by atoms with Gasteiger partial charge in [-0.15, -0.1) is 0 Å². The predicted octanol–water partition coefficient (Wildman–Crippen LogP) is 1.76. The highest BCUT2D eigenvalue weighted by Crippen LogP contribution is 2.37. The van der Waals surface area contributed by atoms with Gasteiger partial charge in [0.05, 0.1) is 17.8 Å². The maximum absolute atomic E-state index is 12.9. The van der Waals surface area contributed by atoms with Gasteiger partial charge in [0.2, 0.25) is 10.0 Å². The van der Waals surface area contributed by atoms with Crippen LogP contribution in [0.4, 0.5) is 13.2 Å². The molecule has 0 spiro atoms. The van der Waals surface area contributed by atoms with Crippen molar-refractivity contribution in [2.24, 2.45) is 10.9 Å². The van der Waals surface area contributed by atoms with Crippen molar-refractivity contribution in [1.29, 1.82) is 0 Å². The molecule has 2 rings (SSSR count). The summed E-state index contributed by atoms with van der Waals surface area (Å²) >= 11 is 0. The van der Waals surface area contributed by atoms with E-state index < -0.39 is 22.1 Å². The fourth-order valence-corrected chi connectivity index (χ4v) is 4.53. The zero-order valence-corrected chi connectivity index (χ0v) is 17.0. The predicted molar refractivity (Wildman–Crippen MR) is 102 cm³/mol. The highest BCUT2D eigenvalue weighted by molar-refractivity contribution is 7.89. The van der Waals surface area contributed by atoms with Gasteiger partial charge >= 0.3 is 6.18 Å². The number of nitrogens with one attached hydrogen (secondary N) is 3. The molecule has 28 heavy (non-hydrogen) atoms. The molecular weight excluding hydrogens is 397 g/mol. The fourth-order valence-electron chi connectivity index (χ4n) is 3.57. The van der Waals surface area contributed by atoms with Gasteiger partial charge in [0.25, 0.3) is 0 Å². The number of ether oxygens (including phenoxy) is 1. The summed E-state index contributed by atoms with van der Waals surface area (Å²) in [6.07, 6.45) is -0.0887. The van der Waals surface area contributed by atoms with Crippen LogP contribution in [0.2, 0.25) is 0 Å². The quantitative estimate of drug-likeness (QED) is 0.425. The molecule has 0 bridgehead atoms. The maximum atomic E-state index is 12.9. The Hall–Kier alpha value is -1.07. The Balaban J connectivity index is 1.71. The minimum Gasteiger partial charge on any atom is -0.377 e. The summed E-state index contributed by atoms with van der Waals surface area (Å²) in [5.74, 6) is -1.14. The van der Waals surface area contributed by atoms with Gasteiger partial charge in [0.15, 0.2) is 5.96 Å². The fraction of sp³-hybridized carbons (Fsp3) is 0.941. The number of nitrogens with zero attached hydrogens (tertiary/aromatic N) is 1. The molecule has 7 nitrogen and oxygen atoms in total. The number of sulfonamides is 1. The first-order valence-corrected chi connectivity index (χ1v) is 11.5. The molecular formula is C17H31F3N4O3S. The Morgan fingerprint density at radius 1 is 1.18 bits per heavy atom. The molecule has 0 radical (unpaired) electrons. The molecule has 164 valence electrons. The van der Waals surface area contributed by atoms with Crippen LogP contribution in [0, 0.1) is 5.92 Å². The molecule has 0 aromatic rings. The number of hydrogen-bond donors (Lipinski definition) is 3. The van der Waals surface area contributed by atoms with E-state index in [9.17, 15) is 21.6 Å². The number of aliphatic imine (C=N–C) groups is 1. The summed E-state index contributed by atoms with van der Waals surface area (Å²) in [5, 5.41) is 5.85. The maximum Gasteiger partial charge on any atom is 0.391 e. The molecule has 3 unspecified atom stereocenters. The standard InChI is InChI=1S/C17H31F3N4O3S/c1-21-16(24-14-6-4-5-13(11-14)17(18,19)20)22-8-10-28(25,26)23-12-15-7-2-3-9-27-15/h13-15,23H,2-12H2,1H3,(H2,21,22,24). The van der Waals surface area contributed by atoms with Crippen molar-refractivity contribution in [2.75, 3.05) is 32.5 Å². The monoisotopic (exact) mass is 428 g/mol. The van der Waals surface area contributed by atoms with E-state index in [0.717, 1.165) is 19.3 Å². The van der Waals surface area contributed by atoms with Crippen molar-refractivity contribution < 1.29 is 26.3 Å². The second-order valence-electron chi connectivity index (χ2n) is 7.40. The van der Waals surface area contributed by atoms with Crippen LogP contribution in [-0.2, 0) is 14.8 Å². The lowest BCUT2D eigenvalue weighted by molar-refractivity contribution is -0.183. The lowest BCUT2D eigenvalue weighted by atomic mass is 9.85. The topological polar surface area (TPSA) is 91.8 Å². The zero-order chi connectivity index (χ0) is 20.6. The van der Waals surface area contributed by atoms with Gasteiger partial charge < -0.3 is 15.4 Å². The number of rotatable bonds is 7. The van der Waals surface area contributed by atoms with Crippen molar-refractivity contribution in [2.45, 2.75) is 63.3 Å². The minimum absolute atomic E-state index is 0.00540. The smallest absolute Gasteiger partial charge is 0.377 e. The lowest BCUT2D eigenvalue weighted by Gasteiger charge is -2.31. The second kappa shape index (κ2) is 10.6. The van der Waals surface area contributed by atoms with Gasteiger partial charge in [-0.05, 0) is 38.5 Å². The van der Waals surface area contributed by atoms with Crippen LogP contribution in [0.3, 0.4) is 0 Å². The molecule has 3 N–H and O–H groups in total. The highest BCUT2D eigenvalue weighted by Gasteiger charge is 2.42. The normalized spacial score (nSPS) is 27.4. The summed E-state index contributed by atoms with van der Waals surface area (Å²) < 4.78 is 71.0. The van der Waals surface area contributed by atoms with Crippen LogP contribution in [0.5, 0.6) is 0 Å². The van der Waals surface area contributed by atoms with Crippen molar-refractivity contribution >= 4 is 16.0 Å². The van der Waals surface area contributed by atoms with Crippen LogP contribution >= 0.6 is 0 Å². The molecule has 11 heteroatoms. The molecule has 2 aliphatic rings. The average molecular weight is 429 g/mol. The lowest BCUT2D eigenvalue weighted by Crippen LogP contribution is -2.48. The van der Waals surface area contributed by atoms with Gasteiger partial charge in [-0.3, -0.25) is 4.99 Å². The van der Waals surface area contributed by atoms with Gasteiger partial charge in [-0.25, -0.2) is 13.1 Å². The number of hydrogen-bond acceptors (Lipinski definition) is 4. The van der Waals surface area contributed by atoms with Crippen LogP contribution < -0.4 is 15.4 Å². The van der Waals surface area contributed by atoms with E-state index in [4.69, 9.17) is 4.74 Å². The highest BCUT2D eigenvalue weighted by atomic mass is 32.2.